The van der Waals surface area contributed by atoms with E-state index in [1.54, 1.807) is 0 Å². The Morgan fingerprint density at radius 2 is 1.54 bits per heavy atom. The van der Waals surface area contributed by atoms with Crippen LogP contribution >= 0.6 is 0 Å². The maximum absolute atomic E-state index is 14.1. The fraction of sp³-hybridized carbons (Fsp3) is 0.176. The van der Waals surface area contributed by atoms with E-state index in [1.807, 2.05) is 0 Å². The fourth-order valence-electron chi connectivity index (χ4n) is 2.03. The summed E-state index contributed by atoms with van der Waals surface area (Å²) in [6, 6.07) is 8.35. The van der Waals surface area contributed by atoms with Crippen LogP contribution < -0.4 is 14.8 Å². The number of nitrogens with one attached hydrogen (secondary N) is 1. The molecule has 0 heterocycles. The zero-order valence-corrected chi connectivity index (χ0v) is 13.4. The second-order valence-corrected chi connectivity index (χ2v) is 4.71. The lowest BCUT2D eigenvalue weighted by Crippen LogP contribution is -2.14. The third kappa shape index (κ3) is 3.62. The van der Waals surface area contributed by atoms with E-state index < -0.39 is 17.7 Å². The van der Waals surface area contributed by atoms with Crippen molar-refractivity contribution >= 4 is 17.6 Å². The Hall–Kier alpha value is -3.09. The molecule has 126 valence electrons. The van der Waals surface area contributed by atoms with Gasteiger partial charge in [-0.2, -0.15) is 0 Å². The highest BCUT2D eigenvalue weighted by Crippen LogP contribution is 2.30. The Labute approximate surface area is 138 Å². The van der Waals surface area contributed by atoms with Crippen molar-refractivity contribution in [2.24, 2.45) is 0 Å². The molecule has 0 atom stereocenters. The van der Waals surface area contributed by atoms with Gasteiger partial charge in [-0.05, 0) is 30.3 Å². The molecule has 2 aromatic rings. The summed E-state index contributed by atoms with van der Waals surface area (Å²) in [4.78, 5) is 23.6. The minimum atomic E-state index is -0.740. The van der Waals surface area contributed by atoms with Crippen LogP contribution in [0.15, 0.2) is 36.4 Å². The minimum Gasteiger partial charge on any atom is -0.493 e. The molecular formula is C17H16FNO5. The number of benzene rings is 2. The molecule has 0 saturated heterocycles. The summed E-state index contributed by atoms with van der Waals surface area (Å²) in [6.45, 7) is 0. The number of esters is 1. The van der Waals surface area contributed by atoms with Crippen molar-refractivity contribution in [1.29, 1.82) is 0 Å². The average Bonchev–Trinajstić information content (AvgIpc) is 2.61. The third-order valence-electron chi connectivity index (χ3n) is 3.28. The van der Waals surface area contributed by atoms with Crippen molar-refractivity contribution in [3.05, 3.63) is 53.3 Å². The number of rotatable bonds is 5. The summed E-state index contributed by atoms with van der Waals surface area (Å²) in [7, 11) is 4.04. The molecule has 7 heteroatoms. The first-order valence-corrected chi connectivity index (χ1v) is 6.91. The molecular weight excluding hydrogens is 317 g/mol. The van der Waals surface area contributed by atoms with Gasteiger partial charge in [-0.15, -0.1) is 0 Å². The molecule has 0 aromatic heterocycles. The highest BCUT2D eigenvalue weighted by Gasteiger charge is 2.17. The fourth-order valence-corrected chi connectivity index (χ4v) is 2.03. The monoisotopic (exact) mass is 333 g/mol. The maximum Gasteiger partial charge on any atom is 0.337 e. The number of hydrogen-bond acceptors (Lipinski definition) is 5. The van der Waals surface area contributed by atoms with Crippen LogP contribution in [-0.2, 0) is 4.74 Å². The Bertz CT molecular complexity index is 758. The lowest BCUT2D eigenvalue weighted by Gasteiger charge is -2.11. The molecule has 1 amide bonds. The molecule has 0 aliphatic heterocycles. The molecule has 0 saturated carbocycles. The summed E-state index contributed by atoms with van der Waals surface area (Å²) < 4.78 is 28.7. The highest BCUT2D eigenvalue weighted by atomic mass is 19.1. The van der Waals surface area contributed by atoms with E-state index in [9.17, 15) is 14.0 Å². The van der Waals surface area contributed by atoms with E-state index in [2.05, 4.69) is 10.1 Å². The second-order valence-electron chi connectivity index (χ2n) is 4.71. The molecule has 0 radical (unpaired) electrons. The van der Waals surface area contributed by atoms with E-state index in [-0.39, 0.29) is 17.1 Å². The van der Waals surface area contributed by atoms with Gasteiger partial charge in [0.15, 0.2) is 11.5 Å². The van der Waals surface area contributed by atoms with E-state index in [4.69, 9.17) is 9.47 Å². The predicted octanol–water partition coefficient (Wildman–Crippen LogP) is 2.88. The molecule has 0 spiro atoms. The van der Waals surface area contributed by atoms with Crippen LogP contribution in [0.1, 0.15) is 20.7 Å². The Balaban J connectivity index is 2.22. The number of carbonyl (C=O) groups excluding carboxylic acids is 2. The number of amides is 1. The smallest absolute Gasteiger partial charge is 0.337 e. The van der Waals surface area contributed by atoms with Crippen LogP contribution in [0.5, 0.6) is 11.5 Å². The van der Waals surface area contributed by atoms with Crippen molar-refractivity contribution < 1.29 is 28.2 Å². The van der Waals surface area contributed by atoms with Crippen molar-refractivity contribution in [2.45, 2.75) is 0 Å². The van der Waals surface area contributed by atoms with Crippen molar-refractivity contribution in [3.8, 4) is 11.5 Å². The van der Waals surface area contributed by atoms with E-state index in [0.717, 1.165) is 6.07 Å². The number of methoxy groups -OCH3 is 3. The summed E-state index contributed by atoms with van der Waals surface area (Å²) in [5, 5.41) is 2.54. The number of halogens is 1. The molecule has 24 heavy (non-hydrogen) atoms. The van der Waals surface area contributed by atoms with Gasteiger partial charge < -0.3 is 19.5 Å². The zero-order valence-electron chi connectivity index (χ0n) is 13.4. The van der Waals surface area contributed by atoms with Gasteiger partial charge in [-0.1, -0.05) is 0 Å². The van der Waals surface area contributed by atoms with Gasteiger partial charge in [0.05, 0.1) is 32.5 Å². The third-order valence-corrected chi connectivity index (χ3v) is 3.28. The molecule has 2 aromatic carbocycles. The minimum absolute atomic E-state index is 0.189. The number of hydrogen-bond donors (Lipinski definition) is 1. The molecule has 0 bridgehead atoms. The van der Waals surface area contributed by atoms with E-state index >= 15 is 0 Å². The molecule has 6 nitrogen and oxygen atoms in total. The topological polar surface area (TPSA) is 73.9 Å². The molecule has 2 rings (SSSR count). The van der Waals surface area contributed by atoms with E-state index in [0.29, 0.717) is 11.3 Å². The van der Waals surface area contributed by atoms with Crippen LogP contribution in [0, 0.1) is 5.82 Å². The molecule has 0 fully saturated rings. The van der Waals surface area contributed by atoms with Crippen molar-refractivity contribution in [2.75, 3.05) is 26.6 Å². The largest absolute Gasteiger partial charge is 0.493 e. The first-order chi connectivity index (χ1) is 11.5. The Morgan fingerprint density at radius 1 is 0.958 bits per heavy atom. The van der Waals surface area contributed by atoms with Gasteiger partial charge in [-0.25, -0.2) is 9.18 Å². The van der Waals surface area contributed by atoms with Crippen LogP contribution in [-0.4, -0.2) is 33.2 Å². The van der Waals surface area contributed by atoms with Gasteiger partial charge in [0.2, 0.25) is 0 Å². The zero-order chi connectivity index (χ0) is 17.7. The van der Waals surface area contributed by atoms with Gasteiger partial charge in [0.25, 0.3) is 5.91 Å². The first-order valence-electron chi connectivity index (χ1n) is 6.91. The van der Waals surface area contributed by atoms with Crippen LogP contribution in [0.25, 0.3) is 0 Å². The Morgan fingerprint density at radius 3 is 2.08 bits per heavy atom. The average molecular weight is 333 g/mol. The summed E-state index contributed by atoms with van der Waals surface area (Å²) in [6.07, 6.45) is 0. The number of ether oxygens (including phenoxy) is 3. The Kier molecular flexibility index (Phi) is 5.36. The quantitative estimate of drug-likeness (QED) is 0.852. The van der Waals surface area contributed by atoms with Crippen LogP contribution in [0.3, 0.4) is 0 Å². The standard InChI is InChI=1S/C17H16FNO5/c1-22-14-8-12(13(18)9-15(14)23-2)16(20)19-11-6-4-10(5-7-11)17(21)24-3/h4-9H,1-3H3,(H,19,20). The van der Waals surface area contributed by atoms with E-state index in [1.165, 1.54) is 51.7 Å². The molecule has 0 unspecified atom stereocenters. The number of carbonyl (C=O) groups is 2. The van der Waals surface area contributed by atoms with Gasteiger partial charge in [0.1, 0.15) is 5.82 Å². The maximum atomic E-state index is 14.1. The number of anilines is 1. The van der Waals surface area contributed by atoms with Crippen LogP contribution in [0.2, 0.25) is 0 Å². The summed E-state index contributed by atoms with van der Waals surface area (Å²) in [5.41, 5.74) is 0.555. The normalized spacial score (nSPS) is 10.0. The predicted molar refractivity (Wildman–Crippen MR) is 85.2 cm³/mol. The highest BCUT2D eigenvalue weighted by molar-refractivity contribution is 6.05. The first kappa shape index (κ1) is 17.3. The second kappa shape index (κ2) is 7.45. The van der Waals surface area contributed by atoms with Gasteiger partial charge in [-0.3, -0.25) is 4.79 Å². The van der Waals surface area contributed by atoms with Crippen molar-refractivity contribution in [3.63, 3.8) is 0 Å². The summed E-state index contributed by atoms with van der Waals surface area (Å²) in [5.74, 6) is -1.45. The van der Waals surface area contributed by atoms with Gasteiger partial charge in [0, 0.05) is 11.8 Å². The lowest BCUT2D eigenvalue weighted by atomic mass is 10.1. The summed E-state index contributed by atoms with van der Waals surface area (Å²) >= 11 is 0. The lowest BCUT2D eigenvalue weighted by molar-refractivity contribution is 0.0600. The molecule has 0 aliphatic rings. The van der Waals surface area contributed by atoms with Gasteiger partial charge >= 0.3 is 5.97 Å². The van der Waals surface area contributed by atoms with Crippen molar-refractivity contribution in [1.82, 2.24) is 0 Å². The SMILES string of the molecule is COC(=O)c1ccc(NC(=O)c2cc(OC)c(OC)cc2F)cc1. The molecule has 1 N–H and O–H groups in total. The van der Waals surface area contributed by atoms with Crippen LogP contribution in [0.4, 0.5) is 10.1 Å². The molecule has 0 aliphatic carbocycles.